The van der Waals surface area contributed by atoms with E-state index < -0.39 is 5.60 Å². The van der Waals surface area contributed by atoms with Crippen LogP contribution in [-0.2, 0) is 4.74 Å². The van der Waals surface area contributed by atoms with Crippen LogP contribution in [0.15, 0.2) is 24.5 Å². The maximum absolute atomic E-state index is 12.4. The zero-order valence-electron chi connectivity index (χ0n) is 14.2. The molecular weight excluding hydrogens is 292 g/mol. The summed E-state index contributed by atoms with van der Waals surface area (Å²) in [6, 6.07) is 3.80. The fourth-order valence-electron chi connectivity index (χ4n) is 2.79. The highest BCUT2D eigenvalue weighted by Crippen LogP contribution is 2.26. The number of piperazine rings is 1. The predicted octanol–water partition coefficient (Wildman–Crippen LogP) is 2.57. The molecule has 0 aliphatic carbocycles. The summed E-state index contributed by atoms with van der Waals surface area (Å²) in [4.78, 5) is 21.5. The molecule has 6 heteroatoms. The summed E-state index contributed by atoms with van der Waals surface area (Å²) in [5.41, 5.74) is 0.323. The minimum absolute atomic E-state index is 0.358. The van der Waals surface area contributed by atoms with Crippen molar-refractivity contribution in [3.05, 3.63) is 24.5 Å². The molecule has 2 aromatic heterocycles. The molecule has 0 unspecified atom stereocenters. The van der Waals surface area contributed by atoms with Gasteiger partial charge in [0.15, 0.2) is 0 Å². The molecule has 1 aliphatic rings. The number of fused-ring (bicyclic) bond motifs is 1. The van der Waals surface area contributed by atoms with Gasteiger partial charge < -0.3 is 14.5 Å². The van der Waals surface area contributed by atoms with Crippen molar-refractivity contribution in [2.45, 2.75) is 26.4 Å². The van der Waals surface area contributed by atoms with Crippen LogP contribution in [0.25, 0.3) is 10.9 Å². The molecule has 0 spiro atoms. The normalized spacial score (nSPS) is 16.8. The molecule has 1 fully saturated rings. The predicted molar refractivity (Wildman–Crippen MR) is 91.1 cm³/mol. The highest BCUT2D eigenvalue weighted by Gasteiger charge is 2.22. The lowest BCUT2D eigenvalue weighted by Gasteiger charge is -2.33. The van der Waals surface area contributed by atoms with Gasteiger partial charge in [0.25, 0.3) is 0 Å². The van der Waals surface area contributed by atoms with Crippen LogP contribution in [0.2, 0.25) is 0 Å². The standard InChI is InChI=1S/C17H24N4O2/c1-17(2,3)23-16(22)21-8-6-13-14(21)5-7-18-15(13)20-11-9-19(4)10-12-20/h5-8H,9-12H2,1-4H3. The lowest BCUT2D eigenvalue weighted by molar-refractivity contribution is 0.0544. The summed E-state index contributed by atoms with van der Waals surface area (Å²) < 4.78 is 7.03. The van der Waals surface area contributed by atoms with Crippen LogP contribution in [0.4, 0.5) is 10.6 Å². The van der Waals surface area contributed by atoms with E-state index in [0.717, 1.165) is 42.9 Å². The van der Waals surface area contributed by atoms with Gasteiger partial charge in [-0.25, -0.2) is 9.78 Å². The van der Waals surface area contributed by atoms with Crippen LogP contribution in [-0.4, -0.2) is 59.4 Å². The Morgan fingerprint density at radius 1 is 1.17 bits per heavy atom. The first-order valence-corrected chi connectivity index (χ1v) is 7.98. The number of hydrogen-bond donors (Lipinski definition) is 0. The van der Waals surface area contributed by atoms with Crippen molar-refractivity contribution in [3.63, 3.8) is 0 Å². The van der Waals surface area contributed by atoms with Crippen molar-refractivity contribution in [1.29, 1.82) is 0 Å². The number of carbonyl (C=O) groups is 1. The summed E-state index contributed by atoms with van der Waals surface area (Å²) in [6.45, 7) is 9.53. The molecule has 0 saturated carbocycles. The Kier molecular flexibility index (Phi) is 4.02. The largest absolute Gasteiger partial charge is 0.443 e. The third kappa shape index (κ3) is 3.32. The van der Waals surface area contributed by atoms with Crippen LogP contribution < -0.4 is 4.90 Å². The molecule has 0 N–H and O–H groups in total. The number of carbonyl (C=O) groups excluding carboxylic acids is 1. The number of pyridine rings is 1. The van der Waals surface area contributed by atoms with Crippen LogP contribution in [0.3, 0.4) is 0 Å². The van der Waals surface area contributed by atoms with E-state index in [0.29, 0.717) is 0 Å². The van der Waals surface area contributed by atoms with Gasteiger partial charge in [-0.2, -0.15) is 0 Å². The van der Waals surface area contributed by atoms with Crippen molar-refractivity contribution >= 4 is 22.8 Å². The number of ether oxygens (including phenoxy) is 1. The van der Waals surface area contributed by atoms with E-state index in [9.17, 15) is 4.79 Å². The molecule has 0 aromatic carbocycles. The second kappa shape index (κ2) is 5.85. The zero-order valence-corrected chi connectivity index (χ0v) is 14.2. The van der Waals surface area contributed by atoms with Crippen LogP contribution in [0, 0.1) is 0 Å². The average molecular weight is 316 g/mol. The van der Waals surface area contributed by atoms with Gasteiger partial charge in [-0.3, -0.25) is 4.57 Å². The van der Waals surface area contributed by atoms with Gasteiger partial charge in [0.2, 0.25) is 0 Å². The fraction of sp³-hybridized carbons (Fsp3) is 0.529. The SMILES string of the molecule is CN1CCN(c2nccc3c2ccn3C(=O)OC(C)(C)C)CC1. The Labute approximate surface area is 136 Å². The molecule has 124 valence electrons. The van der Waals surface area contributed by atoms with Gasteiger partial charge in [0, 0.05) is 44.0 Å². The molecule has 23 heavy (non-hydrogen) atoms. The highest BCUT2D eigenvalue weighted by atomic mass is 16.6. The second-order valence-electron chi connectivity index (χ2n) is 7.02. The zero-order chi connectivity index (χ0) is 16.6. The van der Waals surface area contributed by atoms with Crippen LogP contribution in [0.1, 0.15) is 20.8 Å². The Morgan fingerprint density at radius 2 is 1.87 bits per heavy atom. The van der Waals surface area contributed by atoms with Crippen molar-refractivity contribution < 1.29 is 9.53 Å². The number of nitrogens with zero attached hydrogens (tertiary/aromatic N) is 4. The van der Waals surface area contributed by atoms with E-state index in [-0.39, 0.29) is 6.09 Å². The molecule has 1 saturated heterocycles. The minimum atomic E-state index is -0.513. The maximum Gasteiger partial charge on any atom is 0.418 e. The summed E-state index contributed by atoms with van der Waals surface area (Å²) in [7, 11) is 2.13. The van der Waals surface area contributed by atoms with Gasteiger partial charge in [0.05, 0.1) is 5.52 Å². The summed E-state index contributed by atoms with van der Waals surface area (Å²) in [6.07, 6.45) is 3.17. The van der Waals surface area contributed by atoms with E-state index in [1.807, 2.05) is 32.9 Å². The van der Waals surface area contributed by atoms with Crippen molar-refractivity contribution in [2.24, 2.45) is 0 Å². The highest BCUT2D eigenvalue weighted by molar-refractivity contribution is 5.96. The first kappa shape index (κ1) is 15.8. The lowest BCUT2D eigenvalue weighted by Crippen LogP contribution is -2.44. The first-order chi connectivity index (χ1) is 10.8. The quantitative estimate of drug-likeness (QED) is 0.809. The number of hydrogen-bond acceptors (Lipinski definition) is 5. The van der Waals surface area contributed by atoms with E-state index in [1.54, 1.807) is 17.0 Å². The molecule has 3 heterocycles. The monoisotopic (exact) mass is 316 g/mol. The smallest absolute Gasteiger partial charge is 0.418 e. The summed E-state index contributed by atoms with van der Waals surface area (Å²) >= 11 is 0. The van der Waals surface area contributed by atoms with E-state index in [4.69, 9.17) is 4.74 Å². The number of anilines is 1. The fourth-order valence-corrected chi connectivity index (χ4v) is 2.79. The maximum atomic E-state index is 12.4. The number of likely N-dealkylation sites (N-methyl/N-ethyl adjacent to an activating group) is 1. The Hall–Kier alpha value is -2.08. The third-order valence-corrected chi connectivity index (χ3v) is 3.99. The third-order valence-electron chi connectivity index (χ3n) is 3.99. The number of rotatable bonds is 1. The van der Waals surface area contributed by atoms with Crippen molar-refractivity contribution in [2.75, 3.05) is 38.1 Å². The Balaban J connectivity index is 1.93. The average Bonchev–Trinajstić information content (AvgIpc) is 2.90. The summed E-state index contributed by atoms with van der Waals surface area (Å²) in [5.74, 6) is 0.943. The van der Waals surface area contributed by atoms with E-state index in [2.05, 4.69) is 21.8 Å². The molecule has 6 nitrogen and oxygen atoms in total. The number of aromatic nitrogens is 2. The first-order valence-electron chi connectivity index (χ1n) is 7.98. The van der Waals surface area contributed by atoms with Gasteiger partial charge in [-0.1, -0.05) is 0 Å². The van der Waals surface area contributed by atoms with Gasteiger partial charge >= 0.3 is 6.09 Å². The van der Waals surface area contributed by atoms with Crippen LogP contribution in [0.5, 0.6) is 0 Å². The van der Waals surface area contributed by atoms with Gasteiger partial charge in [0.1, 0.15) is 11.4 Å². The van der Waals surface area contributed by atoms with Gasteiger partial charge in [-0.15, -0.1) is 0 Å². The molecule has 3 rings (SSSR count). The molecular formula is C17H24N4O2. The summed E-state index contributed by atoms with van der Waals surface area (Å²) in [5, 5.41) is 0.989. The molecule has 2 aromatic rings. The van der Waals surface area contributed by atoms with Crippen molar-refractivity contribution in [1.82, 2.24) is 14.5 Å². The molecule has 1 aliphatic heterocycles. The van der Waals surface area contributed by atoms with E-state index in [1.165, 1.54) is 0 Å². The second-order valence-corrected chi connectivity index (χ2v) is 7.02. The minimum Gasteiger partial charge on any atom is -0.443 e. The van der Waals surface area contributed by atoms with Crippen molar-refractivity contribution in [3.8, 4) is 0 Å². The molecule has 0 radical (unpaired) electrons. The lowest BCUT2D eigenvalue weighted by atomic mass is 10.2. The Bertz CT molecular complexity index is 709. The molecule has 0 bridgehead atoms. The van der Waals surface area contributed by atoms with E-state index >= 15 is 0 Å². The van der Waals surface area contributed by atoms with Gasteiger partial charge in [-0.05, 0) is 40.0 Å². The topological polar surface area (TPSA) is 50.6 Å². The molecule has 0 amide bonds. The molecule has 0 atom stereocenters. The van der Waals surface area contributed by atoms with Crippen LogP contribution >= 0.6 is 0 Å². The Morgan fingerprint density at radius 3 is 2.52 bits per heavy atom.